The minimum absolute atomic E-state index is 0.0754. The highest BCUT2D eigenvalue weighted by Crippen LogP contribution is 2.36. The standard InChI is InChI=1S/C27H35NO3/c1-28-18-22-5-3-7-24(17-22)23-6-2-4-20(8-12-23)9-13-26(30)14-10-21-11-15-27(31)25(16-21)19-29/h3,5,7,10-11,14-17,20,23,28-29,31H,2,4,6,8-9,12-13,18-19H2,1H3/b14-10+. The van der Waals surface area contributed by atoms with Gasteiger partial charge in [-0.3, -0.25) is 4.79 Å². The van der Waals surface area contributed by atoms with Crippen LogP contribution >= 0.6 is 0 Å². The molecule has 2 aromatic carbocycles. The number of aliphatic hydroxyl groups excluding tert-OH is 1. The molecule has 0 bridgehead atoms. The molecule has 4 heteroatoms. The number of phenols is 1. The van der Waals surface area contributed by atoms with Gasteiger partial charge in [0.25, 0.3) is 0 Å². The predicted octanol–water partition coefficient (Wildman–Crippen LogP) is 5.33. The molecule has 31 heavy (non-hydrogen) atoms. The molecular formula is C27H35NO3. The van der Waals surface area contributed by atoms with E-state index in [4.69, 9.17) is 0 Å². The van der Waals surface area contributed by atoms with Crippen LogP contribution in [0.25, 0.3) is 6.08 Å². The summed E-state index contributed by atoms with van der Waals surface area (Å²) in [7, 11) is 1.98. The molecule has 0 saturated heterocycles. The van der Waals surface area contributed by atoms with Crippen molar-refractivity contribution in [1.29, 1.82) is 0 Å². The van der Waals surface area contributed by atoms with E-state index in [2.05, 4.69) is 29.6 Å². The van der Waals surface area contributed by atoms with E-state index in [1.165, 1.54) is 43.2 Å². The molecule has 3 rings (SSSR count). The van der Waals surface area contributed by atoms with Gasteiger partial charge in [0.15, 0.2) is 5.78 Å². The number of aliphatic hydroxyl groups is 1. The van der Waals surface area contributed by atoms with Crippen molar-refractivity contribution < 1.29 is 15.0 Å². The van der Waals surface area contributed by atoms with E-state index in [9.17, 15) is 15.0 Å². The summed E-state index contributed by atoms with van der Waals surface area (Å²) < 4.78 is 0. The Kier molecular flexibility index (Phi) is 8.86. The lowest BCUT2D eigenvalue weighted by Crippen LogP contribution is -2.06. The van der Waals surface area contributed by atoms with Gasteiger partial charge in [-0.05, 0) is 79.5 Å². The fourth-order valence-electron chi connectivity index (χ4n) is 4.62. The molecule has 1 saturated carbocycles. The van der Waals surface area contributed by atoms with Crippen LogP contribution in [0.3, 0.4) is 0 Å². The Balaban J connectivity index is 1.48. The smallest absolute Gasteiger partial charge is 0.155 e. The predicted molar refractivity (Wildman–Crippen MR) is 126 cm³/mol. The number of carbonyl (C=O) groups is 1. The van der Waals surface area contributed by atoms with Gasteiger partial charge in [0.2, 0.25) is 0 Å². The maximum absolute atomic E-state index is 12.4. The summed E-state index contributed by atoms with van der Waals surface area (Å²) in [6.45, 7) is 0.689. The minimum Gasteiger partial charge on any atom is -0.508 e. The number of aromatic hydroxyl groups is 1. The van der Waals surface area contributed by atoms with Gasteiger partial charge in [-0.25, -0.2) is 0 Å². The lowest BCUT2D eigenvalue weighted by molar-refractivity contribution is -0.114. The molecule has 1 aliphatic rings. The highest BCUT2D eigenvalue weighted by atomic mass is 16.3. The van der Waals surface area contributed by atoms with Gasteiger partial charge >= 0.3 is 0 Å². The topological polar surface area (TPSA) is 69.6 Å². The molecule has 2 atom stereocenters. The molecule has 166 valence electrons. The second-order valence-electron chi connectivity index (χ2n) is 8.73. The summed E-state index contributed by atoms with van der Waals surface area (Å²) in [4.78, 5) is 12.4. The Morgan fingerprint density at radius 1 is 1.13 bits per heavy atom. The molecule has 3 N–H and O–H groups in total. The molecule has 1 aliphatic carbocycles. The average molecular weight is 422 g/mol. The Bertz CT molecular complexity index is 890. The first-order valence-corrected chi connectivity index (χ1v) is 11.5. The number of rotatable bonds is 9. The molecule has 2 aromatic rings. The number of allylic oxidation sites excluding steroid dienone is 1. The number of carbonyl (C=O) groups excluding carboxylic acids is 1. The van der Waals surface area contributed by atoms with Gasteiger partial charge in [0.05, 0.1) is 6.61 Å². The summed E-state index contributed by atoms with van der Waals surface area (Å²) in [5.74, 6) is 1.47. The zero-order valence-electron chi connectivity index (χ0n) is 18.5. The van der Waals surface area contributed by atoms with E-state index in [0.717, 1.165) is 18.5 Å². The van der Waals surface area contributed by atoms with Crippen molar-refractivity contribution >= 4 is 11.9 Å². The van der Waals surface area contributed by atoms with Crippen molar-refractivity contribution in [3.63, 3.8) is 0 Å². The Morgan fingerprint density at radius 2 is 2.00 bits per heavy atom. The molecule has 0 aromatic heterocycles. The van der Waals surface area contributed by atoms with E-state index in [0.29, 0.717) is 23.8 Å². The SMILES string of the molecule is CNCc1cccc(C2CCCC(CCC(=O)/C=C/c3ccc(O)c(CO)c3)CC2)c1. The molecule has 0 spiro atoms. The number of ketones is 1. The quantitative estimate of drug-likeness (QED) is 0.378. The Hall–Kier alpha value is -2.43. The van der Waals surface area contributed by atoms with E-state index in [1.807, 2.05) is 7.05 Å². The third-order valence-corrected chi connectivity index (χ3v) is 6.43. The monoisotopic (exact) mass is 421 g/mol. The van der Waals surface area contributed by atoms with E-state index in [1.54, 1.807) is 30.4 Å². The van der Waals surface area contributed by atoms with Crippen molar-refractivity contribution in [2.75, 3.05) is 7.05 Å². The van der Waals surface area contributed by atoms with Gasteiger partial charge in [-0.15, -0.1) is 0 Å². The molecule has 2 unspecified atom stereocenters. The largest absolute Gasteiger partial charge is 0.508 e. The average Bonchev–Trinajstić information content (AvgIpc) is 3.03. The van der Waals surface area contributed by atoms with E-state index >= 15 is 0 Å². The summed E-state index contributed by atoms with van der Waals surface area (Å²) in [5, 5.41) is 22.1. The first-order chi connectivity index (χ1) is 15.1. The maximum atomic E-state index is 12.4. The molecule has 0 heterocycles. The lowest BCUT2D eigenvalue weighted by Gasteiger charge is -2.16. The van der Waals surface area contributed by atoms with Crippen LogP contribution in [0, 0.1) is 5.92 Å². The van der Waals surface area contributed by atoms with Crippen LogP contribution in [0.1, 0.15) is 73.1 Å². The third-order valence-electron chi connectivity index (χ3n) is 6.43. The third kappa shape index (κ3) is 7.05. The summed E-state index contributed by atoms with van der Waals surface area (Å²) in [6, 6.07) is 14.0. The number of benzene rings is 2. The van der Waals surface area contributed by atoms with Crippen LogP contribution in [-0.4, -0.2) is 23.0 Å². The van der Waals surface area contributed by atoms with Crippen LogP contribution < -0.4 is 5.32 Å². The Morgan fingerprint density at radius 3 is 2.81 bits per heavy atom. The van der Waals surface area contributed by atoms with Gasteiger partial charge < -0.3 is 15.5 Å². The van der Waals surface area contributed by atoms with Crippen LogP contribution in [0.5, 0.6) is 5.75 Å². The van der Waals surface area contributed by atoms with E-state index < -0.39 is 0 Å². The zero-order valence-corrected chi connectivity index (χ0v) is 18.5. The molecule has 1 fully saturated rings. The summed E-state index contributed by atoms with van der Waals surface area (Å²) in [6.07, 6.45) is 11.0. The van der Waals surface area contributed by atoms with Gasteiger partial charge in [0.1, 0.15) is 5.75 Å². The van der Waals surface area contributed by atoms with Crippen LogP contribution in [-0.2, 0) is 17.9 Å². The minimum atomic E-state index is -0.218. The highest BCUT2D eigenvalue weighted by molar-refractivity contribution is 5.93. The fourth-order valence-corrected chi connectivity index (χ4v) is 4.62. The zero-order chi connectivity index (χ0) is 22.1. The Labute approximate surface area is 186 Å². The molecule has 0 amide bonds. The first kappa shape index (κ1) is 23.2. The molecular weight excluding hydrogens is 386 g/mol. The molecule has 0 aliphatic heterocycles. The number of hydrogen-bond donors (Lipinski definition) is 3. The number of hydrogen-bond acceptors (Lipinski definition) is 4. The van der Waals surface area contributed by atoms with Crippen molar-refractivity contribution in [3.05, 3.63) is 70.8 Å². The second kappa shape index (κ2) is 11.8. The molecule has 4 nitrogen and oxygen atoms in total. The van der Waals surface area contributed by atoms with Gasteiger partial charge in [-0.1, -0.05) is 49.2 Å². The number of nitrogens with one attached hydrogen (secondary N) is 1. The molecule has 0 radical (unpaired) electrons. The van der Waals surface area contributed by atoms with Gasteiger partial charge in [0, 0.05) is 18.5 Å². The van der Waals surface area contributed by atoms with Crippen molar-refractivity contribution in [2.45, 2.75) is 64.0 Å². The normalized spacial score (nSPS) is 19.4. The van der Waals surface area contributed by atoms with Crippen molar-refractivity contribution in [2.24, 2.45) is 5.92 Å². The van der Waals surface area contributed by atoms with Crippen molar-refractivity contribution in [1.82, 2.24) is 5.32 Å². The highest BCUT2D eigenvalue weighted by Gasteiger charge is 2.20. The lowest BCUT2D eigenvalue weighted by atomic mass is 9.89. The maximum Gasteiger partial charge on any atom is 0.155 e. The van der Waals surface area contributed by atoms with Crippen LogP contribution in [0.15, 0.2) is 48.5 Å². The van der Waals surface area contributed by atoms with Gasteiger partial charge in [-0.2, -0.15) is 0 Å². The summed E-state index contributed by atoms with van der Waals surface area (Å²) >= 11 is 0. The first-order valence-electron chi connectivity index (χ1n) is 11.5. The second-order valence-corrected chi connectivity index (χ2v) is 8.73. The van der Waals surface area contributed by atoms with E-state index in [-0.39, 0.29) is 18.1 Å². The summed E-state index contributed by atoms with van der Waals surface area (Å²) in [5.41, 5.74) is 4.09. The van der Waals surface area contributed by atoms with Crippen LogP contribution in [0.4, 0.5) is 0 Å². The van der Waals surface area contributed by atoms with Crippen molar-refractivity contribution in [3.8, 4) is 5.75 Å². The fraction of sp³-hybridized carbons (Fsp3) is 0.444. The van der Waals surface area contributed by atoms with Crippen LogP contribution in [0.2, 0.25) is 0 Å².